The lowest BCUT2D eigenvalue weighted by Gasteiger charge is -2.21. The minimum absolute atomic E-state index is 0.133. The monoisotopic (exact) mass is 252 g/mol. The molecule has 4 nitrogen and oxygen atoms in total. The molecular formula is C14H20O4. The predicted octanol–water partition coefficient (Wildman–Crippen LogP) is 2.41. The molecule has 0 bridgehead atoms. The maximum Gasteiger partial charge on any atom is 0.311 e. The summed E-state index contributed by atoms with van der Waals surface area (Å²) in [5.41, 5.74) is 0.610. The summed E-state index contributed by atoms with van der Waals surface area (Å²) in [6.45, 7) is 4.00. The molecule has 0 radical (unpaired) electrons. The van der Waals surface area contributed by atoms with Crippen molar-refractivity contribution in [1.82, 2.24) is 0 Å². The van der Waals surface area contributed by atoms with Crippen molar-refractivity contribution in [3.05, 3.63) is 29.8 Å². The zero-order valence-corrected chi connectivity index (χ0v) is 10.8. The van der Waals surface area contributed by atoms with Crippen LogP contribution in [-0.4, -0.2) is 22.8 Å². The van der Waals surface area contributed by atoms with Gasteiger partial charge in [-0.05, 0) is 31.0 Å². The number of esters is 1. The molecule has 0 fully saturated rings. The highest BCUT2D eigenvalue weighted by atomic mass is 16.5. The average Bonchev–Trinajstić information content (AvgIpc) is 2.36. The summed E-state index contributed by atoms with van der Waals surface area (Å²) in [6.07, 6.45) is 0.462. The molecule has 0 saturated carbocycles. The van der Waals surface area contributed by atoms with Gasteiger partial charge in [0.15, 0.2) is 0 Å². The van der Waals surface area contributed by atoms with Crippen molar-refractivity contribution in [2.45, 2.75) is 32.8 Å². The lowest BCUT2D eigenvalue weighted by Crippen LogP contribution is -2.24. The molecule has 0 saturated heterocycles. The van der Waals surface area contributed by atoms with Gasteiger partial charge in [0.25, 0.3) is 0 Å². The van der Waals surface area contributed by atoms with E-state index >= 15 is 0 Å². The summed E-state index contributed by atoms with van der Waals surface area (Å²) in [5.74, 6) is -0.798. The van der Waals surface area contributed by atoms with Gasteiger partial charge >= 0.3 is 5.97 Å². The quantitative estimate of drug-likeness (QED) is 0.763. The normalized spacial score (nSPS) is 13.9. The summed E-state index contributed by atoms with van der Waals surface area (Å²) >= 11 is 0. The Morgan fingerprint density at radius 3 is 2.39 bits per heavy atom. The van der Waals surface area contributed by atoms with E-state index in [0.29, 0.717) is 18.6 Å². The SMILES string of the molecule is CCCC(C(=O)OCC)C(O)c1ccc(O)cc1. The average molecular weight is 252 g/mol. The predicted molar refractivity (Wildman–Crippen MR) is 68.1 cm³/mol. The molecule has 0 heterocycles. The topological polar surface area (TPSA) is 66.8 Å². The first-order chi connectivity index (χ1) is 8.60. The molecule has 1 aromatic rings. The summed E-state index contributed by atoms with van der Waals surface area (Å²) in [5, 5.41) is 19.4. The lowest BCUT2D eigenvalue weighted by molar-refractivity contribution is -0.152. The van der Waals surface area contributed by atoms with Gasteiger partial charge in [-0.15, -0.1) is 0 Å². The van der Waals surface area contributed by atoms with E-state index < -0.39 is 12.0 Å². The molecule has 18 heavy (non-hydrogen) atoms. The first kappa shape index (κ1) is 14.5. The van der Waals surface area contributed by atoms with Gasteiger partial charge in [0, 0.05) is 0 Å². The van der Waals surface area contributed by atoms with Gasteiger partial charge in [-0.25, -0.2) is 0 Å². The number of aliphatic hydroxyl groups is 1. The maximum absolute atomic E-state index is 11.8. The maximum atomic E-state index is 11.8. The van der Waals surface area contributed by atoms with Crippen LogP contribution in [0.2, 0.25) is 0 Å². The molecule has 0 aliphatic rings. The van der Waals surface area contributed by atoms with E-state index in [2.05, 4.69) is 0 Å². The van der Waals surface area contributed by atoms with Crippen LogP contribution >= 0.6 is 0 Å². The van der Waals surface area contributed by atoms with Crippen LogP contribution in [-0.2, 0) is 9.53 Å². The van der Waals surface area contributed by atoms with Gasteiger partial charge in [-0.2, -0.15) is 0 Å². The van der Waals surface area contributed by atoms with E-state index in [1.54, 1.807) is 19.1 Å². The number of aliphatic hydroxyl groups excluding tert-OH is 1. The molecule has 1 aromatic carbocycles. The second-order valence-electron chi connectivity index (χ2n) is 4.18. The van der Waals surface area contributed by atoms with Crippen LogP contribution in [0.5, 0.6) is 5.75 Å². The third-order valence-corrected chi connectivity index (χ3v) is 2.80. The number of carbonyl (C=O) groups is 1. The van der Waals surface area contributed by atoms with Gasteiger partial charge < -0.3 is 14.9 Å². The molecule has 0 spiro atoms. The first-order valence-corrected chi connectivity index (χ1v) is 6.23. The molecule has 0 aliphatic heterocycles. The Hall–Kier alpha value is -1.55. The minimum atomic E-state index is -0.899. The molecule has 2 unspecified atom stereocenters. The fraction of sp³-hybridized carbons (Fsp3) is 0.500. The molecule has 2 atom stereocenters. The Labute approximate surface area is 107 Å². The van der Waals surface area contributed by atoms with E-state index in [1.807, 2.05) is 6.92 Å². The van der Waals surface area contributed by atoms with E-state index in [1.165, 1.54) is 12.1 Å². The zero-order chi connectivity index (χ0) is 13.5. The van der Waals surface area contributed by atoms with Crippen molar-refractivity contribution < 1.29 is 19.7 Å². The number of ether oxygens (including phenoxy) is 1. The summed E-state index contributed by atoms with van der Waals surface area (Å²) in [7, 11) is 0. The summed E-state index contributed by atoms with van der Waals surface area (Å²) in [4.78, 5) is 11.8. The van der Waals surface area contributed by atoms with Crippen molar-refractivity contribution in [1.29, 1.82) is 0 Å². The third kappa shape index (κ3) is 3.74. The molecule has 100 valence electrons. The zero-order valence-electron chi connectivity index (χ0n) is 10.8. The molecule has 1 rings (SSSR count). The Morgan fingerprint density at radius 1 is 1.28 bits per heavy atom. The van der Waals surface area contributed by atoms with Gasteiger partial charge in [-0.3, -0.25) is 4.79 Å². The highest BCUT2D eigenvalue weighted by Crippen LogP contribution is 2.28. The van der Waals surface area contributed by atoms with Crippen molar-refractivity contribution in [3.63, 3.8) is 0 Å². The Morgan fingerprint density at radius 2 is 1.89 bits per heavy atom. The number of hydrogen-bond donors (Lipinski definition) is 2. The Balaban J connectivity index is 2.84. The van der Waals surface area contributed by atoms with Crippen LogP contribution in [0.15, 0.2) is 24.3 Å². The van der Waals surface area contributed by atoms with E-state index in [-0.39, 0.29) is 11.7 Å². The molecular weight excluding hydrogens is 232 g/mol. The molecule has 4 heteroatoms. The van der Waals surface area contributed by atoms with E-state index in [9.17, 15) is 15.0 Å². The molecule has 0 aromatic heterocycles. The fourth-order valence-corrected chi connectivity index (χ4v) is 1.87. The van der Waals surface area contributed by atoms with Gasteiger partial charge in [0.2, 0.25) is 0 Å². The Kier molecular flexibility index (Phi) is 5.65. The minimum Gasteiger partial charge on any atom is -0.508 e. The van der Waals surface area contributed by atoms with Crippen molar-refractivity contribution in [2.24, 2.45) is 5.92 Å². The van der Waals surface area contributed by atoms with Gasteiger partial charge in [-0.1, -0.05) is 25.5 Å². The second kappa shape index (κ2) is 7.01. The van der Waals surface area contributed by atoms with E-state index in [4.69, 9.17) is 4.74 Å². The van der Waals surface area contributed by atoms with Crippen LogP contribution < -0.4 is 0 Å². The van der Waals surface area contributed by atoms with Crippen LogP contribution in [0, 0.1) is 5.92 Å². The third-order valence-electron chi connectivity index (χ3n) is 2.80. The van der Waals surface area contributed by atoms with Crippen molar-refractivity contribution in [2.75, 3.05) is 6.61 Å². The smallest absolute Gasteiger partial charge is 0.311 e. The van der Waals surface area contributed by atoms with Gasteiger partial charge in [0.1, 0.15) is 5.75 Å². The van der Waals surface area contributed by atoms with Crippen molar-refractivity contribution in [3.8, 4) is 5.75 Å². The van der Waals surface area contributed by atoms with Crippen LogP contribution in [0.4, 0.5) is 0 Å². The number of phenols is 1. The standard InChI is InChI=1S/C14H20O4/c1-3-5-12(14(17)18-4-2)13(16)10-6-8-11(15)9-7-10/h6-9,12-13,15-16H,3-5H2,1-2H3. The summed E-state index contributed by atoms with van der Waals surface area (Å²) in [6, 6.07) is 6.21. The highest BCUT2D eigenvalue weighted by molar-refractivity contribution is 5.73. The largest absolute Gasteiger partial charge is 0.508 e. The fourth-order valence-electron chi connectivity index (χ4n) is 1.87. The van der Waals surface area contributed by atoms with Crippen LogP contribution in [0.1, 0.15) is 38.4 Å². The Bertz CT molecular complexity index is 372. The molecule has 0 amide bonds. The molecule has 0 aliphatic carbocycles. The van der Waals surface area contributed by atoms with Crippen LogP contribution in [0.25, 0.3) is 0 Å². The van der Waals surface area contributed by atoms with Gasteiger partial charge in [0.05, 0.1) is 18.6 Å². The molecule has 2 N–H and O–H groups in total. The number of rotatable bonds is 6. The second-order valence-corrected chi connectivity index (χ2v) is 4.18. The van der Waals surface area contributed by atoms with Crippen molar-refractivity contribution >= 4 is 5.97 Å². The lowest BCUT2D eigenvalue weighted by atomic mass is 9.92. The number of benzene rings is 1. The summed E-state index contributed by atoms with van der Waals surface area (Å²) < 4.78 is 4.97. The highest BCUT2D eigenvalue weighted by Gasteiger charge is 2.28. The first-order valence-electron chi connectivity index (χ1n) is 6.23. The van der Waals surface area contributed by atoms with Crippen LogP contribution in [0.3, 0.4) is 0 Å². The van der Waals surface area contributed by atoms with E-state index in [0.717, 1.165) is 6.42 Å². The number of hydrogen-bond acceptors (Lipinski definition) is 4. The number of phenolic OH excluding ortho intramolecular Hbond substituents is 1. The number of aromatic hydroxyl groups is 1. The number of carbonyl (C=O) groups excluding carboxylic acids is 1.